The molecule has 0 aliphatic rings. The van der Waals surface area contributed by atoms with Crippen molar-refractivity contribution in [1.29, 1.82) is 5.26 Å². The lowest BCUT2D eigenvalue weighted by atomic mass is 10.2. The average molecular weight is 298 g/mol. The summed E-state index contributed by atoms with van der Waals surface area (Å²) in [5.74, 6) is 0.869. The van der Waals surface area contributed by atoms with Crippen LogP contribution in [0.4, 0.5) is 0 Å². The lowest BCUT2D eigenvalue weighted by Crippen LogP contribution is -2.35. The third-order valence-electron chi connectivity index (χ3n) is 2.94. The molecule has 20 heavy (non-hydrogen) atoms. The fraction of sp³-hybridized carbons (Fsp3) is 0.692. The second-order valence-corrected chi connectivity index (χ2v) is 6.96. The average Bonchev–Trinajstić information content (AvgIpc) is 2.75. The molecule has 0 spiro atoms. The van der Waals surface area contributed by atoms with Crippen molar-refractivity contribution < 1.29 is 8.42 Å². The van der Waals surface area contributed by atoms with Crippen LogP contribution in [0.3, 0.4) is 0 Å². The number of hydrogen-bond donors (Lipinski definition) is 0. The molecule has 1 aromatic rings. The number of nitriles is 1. The van der Waals surface area contributed by atoms with Crippen molar-refractivity contribution in [1.82, 2.24) is 13.9 Å². The van der Waals surface area contributed by atoms with E-state index >= 15 is 0 Å². The highest BCUT2D eigenvalue weighted by Crippen LogP contribution is 2.17. The summed E-state index contributed by atoms with van der Waals surface area (Å²) in [6, 6.07) is 1.99. The van der Waals surface area contributed by atoms with Gasteiger partial charge in [-0.1, -0.05) is 13.8 Å². The minimum atomic E-state index is -3.63. The van der Waals surface area contributed by atoms with Gasteiger partial charge in [-0.25, -0.2) is 13.4 Å². The molecule has 7 heteroatoms. The molecule has 0 fully saturated rings. The molecule has 0 atom stereocenters. The van der Waals surface area contributed by atoms with Crippen molar-refractivity contribution in [3.8, 4) is 6.07 Å². The van der Waals surface area contributed by atoms with E-state index in [2.05, 4.69) is 4.98 Å². The van der Waals surface area contributed by atoms with Gasteiger partial charge in [0.15, 0.2) is 5.03 Å². The first kappa shape index (κ1) is 16.7. The van der Waals surface area contributed by atoms with Gasteiger partial charge in [-0.05, 0) is 19.8 Å². The first-order chi connectivity index (χ1) is 9.32. The van der Waals surface area contributed by atoms with Gasteiger partial charge in [0, 0.05) is 32.3 Å². The predicted molar refractivity (Wildman–Crippen MR) is 76.5 cm³/mol. The van der Waals surface area contributed by atoms with E-state index in [1.54, 1.807) is 17.7 Å². The molecule has 6 nitrogen and oxygen atoms in total. The van der Waals surface area contributed by atoms with E-state index in [4.69, 9.17) is 5.26 Å². The Balaban J connectivity index is 3.11. The van der Waals surface area contributed by atoms with Crippen LogP contribution in [0, 0.1) is 24.2 Å². The van der Waals surface area contributed by atoms with Gasteiger partial charge in [0.2, 0.25) is 0 Å². The normalized spacial score (nSPS) is 12.1. The third kappa shape index (κ3) is 3.81. The monoisotopic (exact) mass is 298 g/mol. The standard InChI is InChI=1S/C13H22N4O2S/c1-5-16-10-13(15-12(16)4)20(18,19)17(8-6-7-14)9-11(2)3/h10-11H,5-6,8-9H2,1-4H3. The van der Waals surface area contributed by atoms with Crippen LogP contribution in [0.2, 0.25) is 0 Å². The van der Waals surface area contributed by atoms with Gasteiger partial charge in [-0.2, -0.15) is 9.57 Å². The summed E-state index contributed by atoms with van der Waals surface area (Å²) < 4.78 is 28.3. The zero-order chi connectivity index (χ0) is 15.3. The number of nitrogens with zero attached hydrogens (tertiary/aromatic N) is 4. The number of imidazole rings is 1. The largest absolute Gasteiger partial charge is 0.334 e. The fourth-order valence-corrected chi connectivity index (χ4v) is 3.55. The number of rotatable bonds is 7. The molecule has 1 rings (SSSR count). The Kier molecular flexibility index (Phi) is 5.72. The minimum Gasteiger partial charge on any atom is -0.334 e. The second-order valence-electron chi connectivity index (χ2n) is 5.08. The molecular formula is C13H22N4O2S. The van der Waals surface area contributed by atoms with Gasteiger partial charge in [-0.15, -0.1) is 0 Å². The maximum absolute atomic E-state index is 12.6. The van der Waals surface area contributed by atoms with Gasteiger partial charge in [0.05, 0.1) is 6.07 Å². The lowest BCUT2D eigenvalue weighted by molar-refractivity contribution is 0.371. The van der Waals surface area contributed by atoms with Gasteiger partial charge in [-0.3, -0.25) is 0 Å². The zero-order valence-corrected chi connectivity index (χ0v) is 13.3. The van der Waals surface area contributed by atoms with Crippen LogP contribution in [0.15, 0.2) is 11.2 Å². The maximum Gasteiger partial charge on any atom is 0.262 e. The molecule has 0 saturated carbocycles. The molecule has 0 radical (unpaired) electrons. The van der Waals surface area contributed by atoms with Crippen LogP contribution in [0.5, 0.6) is 0 Å². The maximum atomic E-state index is 12.6. The van der Waals surface area contributed by atoms with E-state index in [9.17, 15) is 8.42 Å². The molecule has 0 unspecified atom stereocenters. The second kappa shape index (κ2) is 6.86. The Hall–Kier alpha value is -1.39. The molecule has 0 bridgehead atoms. The van der Waals surface area contributed by atoms with Crippen LogP contribution in [-0.2, 0) is 16.6 Å². The van der Waals surface area contributed by atoms with Crippen LogP contribution in [0.25, 0.3) is 0 Å². The van der Waals surface area contributed by atoms with Crippen LogP contribution < -0.4 is 0 Å². The van der Waals surface area contributed by atoms with E-state index in [0.29, 0.717) is 18.9 Å². The van der Waals surface area contributed by atoms with Crippen molar-refractivity contribution in [2.24, 2.45) is 5.92 Å². The van der Waals surface area contributed by atoms with Gasteiger partial charge >= 0.3 is 0 Å². The molecule has 0 N–H and O–H groups in total. The third-order valence-corrected chi connectivity index (χ3v) is 4.68. The molecule has 0 aromatic carbocycles. The van der Waals surface area contributed by atoms with Crippen molar-refractivity contribution in [3.63, 3.8) is 0 Å². The molecule has 0 amide bonds. The quantitative estimate of drug-likeness (QED) is 0.768. The van der Waals surface area contributed by atoms with Gasteiger partial charge < -0.3 is 4.57 Å². The Morgan fingerprint density at radius 2 is 2.15 bits per heavy atom. The Labute approximate surface area is 121 Å². The molecule has 1 heterocycles. The molecule has 0 aliphatic carbocycles. The smallest absolute Gasteiger partial charge is 0.262 e. The topological polar surface area (TPSA) is 79.0 Å². The van der Waals surface area contributed by atoms with Gasteiger partial charge in [0.1, 0.15) is 5.82 Å². The molecule has 0 aliphatic heterocycles. The predicted octanol–water partition coefficient (Wildman–Crippen LogP) is 1.77. The molecule has 0 saturated heterocycles. The van der Waals surface area contributed by atoms with Crippen LogP contribution >= 0.6 is 0 Å². The Bertz CT molecular complexity index is 584. The van der Waals surface area contributed by atoms with Crippen LogP contribution in [-0.4, -0.2) is 35.4 Å². The molecule has 1 aromatic heterocycles. The summed E-state index contributed by atoms with van der Waals surface area (Å²) in [6.07, 6.45) is 1.74. The number of aryl methyl sites for hydroxylation is 2. The lowest BCUT2D eigenvalue weighted by Gasteiger charge is -2.21. The highest BCUT2D eigenvalue weighted by atomic mass is 32.2. The summed E-state index contributed by atoms with van der Waals surface area (Å²) in [5, 5.41) is 8.75. The Morgan fingerprint density at radius 3 is 2.60 bits per heavy atom. The number of sulfonamides is 1. The van der Waals surface area contributed by atoms with E-state index in [0.717, 1.165) is 0 Å². The van der Waals surface area contributed by atoms with Crippen molar-refractivity contribution in [2.45, 2.75) is 45.7 Å². The SMILES string of the molecule is CCn1cc(S(=O)(=O)N(CCC#N)CC(C)C)nc1C. The minimum absolute atomic E-state index is 0.0652. The first-order valence-electron chi connectivity index (χ1n) is 6.73. The van der Waals surface area contributed by atoms with Crippen molar-refractivity contribution in [2.75, 3.05) is 13.1 Å². The summed E-state index contributed by atoms with van der Waals surface area (Å²) in [7, 11) is -3.63. The fourth-order valence-electron chi connectivity index (χ4n) is 1.95. The van der Waals surface area contributed by atoms with E-state index in [1.807, 2.05) is 26.8 Å². The van der Waals surface area contributed by atoms with Gasteiger partial charge in [0.25, 0.3) is 10.0 Å². The molecule has 112 valence electrons. The van der Waals surface area contributed by atoms with E-state index < -0.39 is 10.0 Å². The van der Waals surface area contributed by atoms with Crippen molar-refractivity contribution >= 4 is 10.0 Å². The van der Waals surface area contributed by atoms with Crippen molar-refractivity contribution in [3.05, 3.63) is 12.0 Å². The van der Waals surface area contributed by atoms with Crippen LogP contribution in [0.1, 0.15) is 33.0 Å². The highest BCUT2D eigenvalue weighted by molar-refractivity contribution is 7.89. The first-order valence-corrected chi connectivity index (χ1v) is 8.17. The summed E-state index contributed by atoms with van der Waals surface area (Å²) >= 11 is 0. The summed E-state index contributed by atoms with van der Waals surface area (Å²) in [5.41, 5.74) is 0. The van der Waals surface area contributed by atoms with E-state index in [1.165, 1.54) is 4.31 Å². The summed E-state index contributed by atoms with van der Waals surface area (Å²) in [4.78, 5) is 4.14. The summed E-state index contributed by atoms with van der Waals surface area (Å²) in [6.45, 7) is 8.89. The molecular weight excluding hydrogens is 276 g/mol. The number of aromatic nitrogens is 2. The Morgan fingerprint density at radius 1 is 1.50 bits per heavy atom. The number of hydrogen-bond acceptors (Lipinski definition) is 4. The zero-order valence-electron chi connectivity index (χ0n) is 12.5. The highest BCUT2D eigenvalue weighted by Gasteiger charge is 2.27. The van der Waals surface area contributed by atoms with E-state index in [-0.39, 0.29) is 23.9 Å².